The summed E-state index contributed by atoms with van der Waals surface area (Å²) in [4.78, 5) is 17.7. The van der Waals surface area contributed by atoms with Gasteiger partial charge < -0.3 is 10.1 Å². The molecule has 116 valence electrons. The maximum Gasteiger partial charge on any atom is 0.249 e. The maximum atomic E-state index is 11.9. The van der Waals surface area contributed by atoms with Crippen LogP contribution in [-0.2, 0) is 16.1 Å². The van der Waals surface area contributed by atoms with E-state index in [0.29, 0.717) is 18.2 Å². The van der Waals surface area contributed by atoms with Crippen molar-refractivity contribution in [3.8, 4) is 11.3 Å². The number of rotatable bonds is 4. The molecular weight excluding hydrogens is 320 g/mol. The standard InChI is InChI=1S/C16H17ClN2O2S/c1-10-15(11-4-6-12(17)7-5-11)19-14(22-10)9-18-16(20)13-3-2-8-21-13/h4-7,13H,2-3,8-9H2,1H3,(H,18,20). The predicted octanol–water partition coefficient (Wildman–Crippen LogP) is 3.57. The molecule has 1 unspecified atom stereocenters. The second-order valence-corrected chi connectivity index (χ2v) is 6.96. The van der Waals surface area contributed by atoms with Crippen molar-refractivity contribution in [1.82, 2.24) is 10.3 Å². The third-order valence-corrected chi connectivity index (χ3v) is 4.82. The first-order valence-electron chi connectivity index (χ1n) is 7.25. The van der Waals surface area contributed by atoms with Gasteiger partial charge in [-0.15, -0.1) is 11.3 Å². The number of benzene rings is 1. The van der Waals surface area contributed by atoms with Gasteiger partial charge in [-0.3, -0.25) is 4.79 Å². The van der Waals surface area contributed by atoms with E-state index in [1.165, 1.54) is 0 Å². The van der Waals surface area contributed by atoms with Crippen LogP contribution >= 0.6 is 22.9 Å². The lowest BCUT2D eigenvalue weighted by atomic mass is 10.1. The molecule has 22 heavy (non-hydrogen) atoms. The van der Waals surface area contributed by atoms with E-state index in [0.717, 1.165) is 34.0 Å². The molecule has 1 aromatic heterocycles. The molecule has 2 heterocycles. The molecule has 1 fully saturated rings. The number of thiazole rings is 1. The Kier molecular flexibility index (Phi) is 4.76. The van der Waals surface area contributed by atoms with E-state index < -0.39 is 0 Å². The Balaban J connectivity index is 1.67. The quantitative estimate of drug-likeness (QED) is 0.928. The molecule has 4 nitrogen and oxygen atoms in total. The molecule has 1 N–H and O–H groups in total. The van der Waals surface area contributed by atoms with Gasteiger partial charge in [0.25, 0.3) is 0 Å². The van der Waals surface area contributed by atoms with E-state index in [-0.39, 0.29) is 12.0 Å². The minimum Gasteiger partial charge on any atom is -0.368 e. The highest BCUT2D eigenvalue weighted by atomic mass is 35.5. The smallest absolute Gasteiger partial charge is 0.249 e. The highest BCUT2D eigenvalue weighted by Gasteiger charge is 2.23. The molecule has 1 aliphatic heterocycles. The van der Waals surface area contributed by atoms with Crippen molar-refractivity contribution in [1.29, 1.82) is 0 Å². The third kappa shape index (κ3) is 3.48. The van der Waals surface area contributed by atoms with E-state index in [4.69, 9.17) is 16.3 Å². The molecule has 2 aromatic rings. The van der Waals surface area contributed by atoms with Crippen molar-refractivity contribution >= 4 is 28.8 Å². The largest absolute Gasteiger partial charge is 0.368 e. The molecular formula is C16H17ClN2O2S. The number of aromatic nitrogens is 1. The summed E-state index contributed by atoms with van der Waals surface area (Å²) in [5, 5.41) is 4.51. The Bertz CT molecular complexity index is 663. The summed E-state index contributed by atoms with van der Waals surface area (Å²) in [6, 6.07) is 7.63. The average Bonchev–Trinajstić information content (AvgIpc) is 3.15. The number of hydrogen-bond acceptors (Lipinski definition) is 4. The molecule has 6 heteroatoms. The summed E-state index contributed by atoms with van der Waals surface area (Å²) < 4.78 is 5.37. The molecule has 0 radical (unpaired) electrons. The normalized spacial score (nSPS) is 17.6. The zero-order valence-corrected chi connectivity index (χ0v) is 13.8. The molecule has 0 spiro atoms. The lowest BCUT2D eigenvalue weighted by Crippen LogP contribution is -2.33. The monoisotopic (exact) mass is 336 g/mol. The maximum absolute atomic E-state index is 11.9. The van der Waals surface area contributed by atoms with E-state index in [2.05, 4.69) is 10.3 Å². The Morgan fingerprint density at radius 3 is 2.91 bits per heavy atom. The van der Waals surface area contributed by atoms with Crippen LogP contribution in [0.25, 0.3) is 11.3 Å². The average molecular weight is 337 g/mol. The van der Waals surface area contributed by atoms with Crippen molar-refractivity contribution in [2.24, 2.45) is 0 Å². The highest BCUT2D eigenvalue weighted by molar-refractivity contribution is 7.12. The van der Waals surface area contributed by atoms with Gasteiger partial charge in [-0.1, -0.05) is 23.7 Å². The minimum atomic E-state index is -0.295. The molecule has 1 saturated heterocycles. The van der Waals surface area contributed by atoms with Gasteiger partial charge in [-0.25, -0.2) is 4.98 Å². The summed E-state index contributed by atoms with van der Waals surface area (Å²) in [6.07, 6.45) is 1.46. The predicted molar refractivity (Wildman–Crippen MR) is 88.1 cm³/mol. The number of aryl methyl sites for hydroxylation is 1. The Morgan fingerprint density at radius 2 is 2.23 bits per heavy atom. The van der Waals surface area contributed by atoms with Crippen LogP contribution in [0.5, 0.6) is 0 Å². The number of halogens is 1. The fraction of sp³-hybridized carbons (Fsp3) is 0.375. The molecule has 1 aliphatic rings. The lowest BCUT2D eigenvalue weighted by molar-refractivity contribution is -0.130. The lowest BCUT2D eigenvalue weighted by Gasteiger charge is -2.08. The topological polar surface area (TPSA) is 51.2 Å². The van der Waals surface area contributed by atoms with Crippen LogP contribution in [-0.4, -0.2) is 23.6 Å². The van der Waals surface area contributed by atoms with Gasteiger partial charge in [-0.2, -0.15) is 0 Å². The molecule has 3 rings (SSSR count). The molecule has 0 bridgehead atoms. The Morgan fingerprint density at radius 1 is 1.45 bits per heavy atom. The van der Waals surface area contributed by atoms with Crippen molar-refractivity contribution in [2.75, 3.05) is 6.61 Å². The summed E-state index contributed by atoms with van der Waals surface area (Å²) in [7, 11) is 0. The van der Waals surface area contributed by atoms with Crippen molar-refractivity contribution in [2.45, 2.75) is 32.4 Å². The SMILES string of the molecule is Cc1sc(CNC(=O)C2CCCO2)nc1-c1ccc(Cl)cc1. The molecule has 0 aliphatic carbocycles. The first kappa shape index (κ1) is 15.5. The fourth-order valence-corrected chi connectivity index (χ4v) is 3.48. The molecule has 1 aromatic carbocycles. The van der Waals surface area contributed by atoms with Gasteiger partial charge in [0.15, 0.2) is 0 Å². The number of nitrogens with zero attached hydrogens (tertiary/aromatic N) is 1. The van der Waals surface area contributed by atoms with Crippen molar-refractivity contribution < 1.29 is 9.53 Å². The van der Waals surface area contributed by atoms with E-state index >= 15 is 0 Å². The van der Waals surface area contributed by atoms with Gasteiger partial charge in [0.05, 0.1) is 12.2 Å². The summed E-state index contributed by atoms with van der Waals surface area (Å²) in [5.41, 5.74) is 1.98. The second-order valence-electron chi connectivity index (χ2n) is 5.24. The number of ether oxygens (including phenoxy) is 1. The van der Waals surface area contributed by atoms with Gasteiger partial charge in [-0.05, 0) is 31.9 Å². The molecule has 1 amide bonds. The van der Waals surface area contributed by atoms with E-state index in [1.54, 1.807) is 11.3 Å². The van der Waals surface area contributed by atoms with Crippen LogP contribution < -0.4 is 5.32 Å². The number of carbonyl (C=O) groups is 1. The van der Waals surface area contributed by atoms with E-state index in [1.807, 2.05) is 31.2 Å². The highest BCUT2D eigenvalue weighted by Crippen LogP contribution is 2.28. The van der Waals surface area contributed by atoms with Crippen LogP contribution in [0, 0.1) is 6.92 Å². The third-order valence-electron chi connectivity index (χ3n) is 3.59. The van der Waals surface area contributed by atoms with Crippen molar-refractivity contribution in [3.05, 3.63) is 39.2 Å². The van der Waals surface area contributed by atoms with Crippen molar-refractivity contribution in [3.63, 3.8) is 0 Å². The fourth-order valence-electron chi connectivity index (χ4n) is 2.46. The second kappa shape index (κ2) is 6.77. The Hall–Kier alpha value is -1.43. The van der Waals surface area contributed by atoms with Gasteiger partial charge in [0.2, 0.25) is 5.91 Å². The summed E-state index contributed by atoms with van der Waals surface area (Å²) in [5.74, 6) is -0.0432. The van der Waals surface area contributed by atoms with Crippen LogP contribution in [0.4, 0.5) is 0 Å². The number of hydrogen-bond donors (Lipinski definition) is 1. The zero-order chi connectivity index (χ0) is 15.5. The van der Waals surface area contributed by atoms with Crippen LogP contribution in [0.3, 0.4) is 0 Å². The van der Waals surface area contributed by atoms with Crippen LogP contribution in [0.1, 0.15) is 22.7 Å². The first-order chi connectivity index (χ1) is 10.6. The Labute approximate surface area is 138 Å². The number of nitrogens with one attached hydrogen (secondary N) is 1. The first-order valence-corrected chi connectivity index (χ1v) is 8.44. The zero-order valence-electron chi connectivity index (χ0n) is 12.3. The van der Waals surface area contributed by atoms with Gasteiger partial charge >= 0.3 is 0 Å². The van der Waals surface area contributed by atoms with Crippen LogP contribution in [0.15, 0.2) is 24.3 Å². The molecule has 1 atom stereocenters. The van der Waals surface area contributed by atoms with Crippen LogP contribution in [0.2, 0.25) is 5.02 Å². The minimum absolute atomic E-state index is 0.0432. The number of carbonyl (C=O) groups excluding carboxylic acids is 1. The molecule has 0 saturated carbocycles. The van der Waals surface area contributed by atoms with Gasteiger partial charge in [0.1, 0.15) is 11.1 Å². The number of amides is 1. The van der Waals surface area contributed by atoms with Gasteiger partial charge in [0, 0.05) is 22.1 Å². The summed E-state index contributed by atoms with van der Waals surface area (Å²) in [6.45, 7) is 3.15. The van der Waals surface area contributed by atoms with E-state index in [9.17, 15) is 4.79 Å². The summed E-state index contributed by atoms with van der Waals surface area (Å²) >= 11 is 7.51.